The second kappa shape index (κ2) is 6.70. The summed E-state index contributed by atoms with van der Waals surface area (Å²) in [6, 6.07) is 10.3. The molecule has 0 radical (unpaired) electrons. The first-order chi connectivity index (χ1) is 9.47. The summed E-state index contributed by atoms with van der Waals surface area (Å²) in [4.78, 5) is 0. The SMILES string of the molecule is CC(N)c1ccc(Br)cc1OCc1cc(Br)ccc1F. The Kier molecular flexibility index (Phi) is 5.18. The molecule has 1 unspecified atom stereocenters. The van der Waals surface area contributed by atoms with Crippen LogP contribution in [0.15, 0.2) is 45.3 Å². The maximum Gasteiger partial charge on any atom is 0.129 e. The van der Waals surface area contributed by atoms with E-state index in [1.807, 2.05) is 25.1 Å². The third-order valence-electron chi connectivity index (χ3n) is 2.86. The fraction of sp³-hybridized carbons (Fsp3) is 0.200. The van der Waals surface area contributed by atoms with E-state index in [1.165, 1.54) is 6.07 Å². The lowest BCUT2D eigenvalue weighted by molar-refractivity contribution is 0.295. The average Bonchev–Trinajstić information content (AvgIpc) is 2.39. The lowest BCUT2D eigenvalue weighted by atomic mass is 10.1. The Morgan fingerprint density at radius 1 is 1.15 bits per heavy atom. The second-order valence-electron chi connectivity index (χ2n) is 4.50. The second-order valence-corrected chi connectivity index (χ2v) is 6.33. The van der Waals surface area contributed by atoms with Gasteiger partial charge >= 0.3 is 0 Å². The molecule has 0 fully saturated rings. The molecule has 2 nitrogen and oxygen atoms in total. The minimum absolute atomic E-state index is 0.148. The summed E-state index contributed by atoms with van der Waals surface area (Å²) >= 11 is 6.72. The van der Waals surface area contributed by atoms with Crippen LogP contribution in [0.5, 0.6) is 5.75 Å². The Balaban J connectivity index is 2.22. The summed E-state index contributed by atoms with van der Waals surface area (Å²) < 4.78 is 21.1. The maximum absolute atomic E-state index is 13.7. The zero-order chi connectivity index (χ0) is 14.7. The Morgan fingerprint density at radius 2 is 1.80 bits per heavy atom. The van der Waals surface area contributed by atoms with Gasteiger partial charge < -0.3 is 10.5 Å². The van der Waals surface area contributed by atoms with E-state index in [0.29, 0.717) is 11.3 Å². The van der Waals surface area contributed by atoms with Crippen molar-refractivity contribution >= 4 is 31.9 Å². The molecule has 0 aliphatic rings. The Bertz CT molecular complexity index is 617. The Labute approximate surface area is 134 Å². The number of halogens is 3. The van der Waals surface area contributed by atoms with Gasteiger partial charge in [0.1, 0.15) is 18.2 Å². The third-order valence-corrected chi connectivity index (χ3v) is 3.84. The van der Waals surface area contributed by atoms with E-state index in [2.05, 4.69) is 31.9 Å². The molecule has 106 valence electrons. The highest BCUT2D eigenvalue weighted by atomic mass is 79.9. The first kappa shape index (κ1) is 15.5. The van der Waals surface area contributed by atoms with Crippen LogP contribution in [0.25, 0.3) is 0 Å². The van der Waals surface area contributed by atoms with E-state index >= 15 is 0 Å². The van der Waals surface area contributed by atoms with E-state index in [4.69, 9.17) is 10.5 Å². The predicted octanol–water partition coefficient (Wildman–Crippen LogP) is 4.95. The third kappa shape index (κ3) is 3.81. The fourth-order valence-electron chi connectivity index (χ4n) is 1.82. The van der Waals surface area contributed by atoms with Gasteiger partial charge in [0.25, 0.3) is 0 Å². The lowest BCUT2D eigenvalue weighted by Crippen LogP contribution is -2.08. The van der Waals surface area contributed by atoms with Gasteiger partial charge in [0, 0.05) is 26.1 Å². The molecule has 2 aromatic rings. The molecule has 0 saturated heterocycles. The molecule has 5 heteroatoms. The van der Waals surface area contributed by atoms with Crippen molar-refractivity contribution in [1.82, 2.24) is 0 Å². The number of rotatable bonds is 4. The van der Waals surface area contributed by atoms with Gasteiger partial charge in [0.2, 0.25) is 0 Å². The summed E-state index contributed by atoms with van der Waals surface area (Å²) in [6.07, 6.45) is 0. The van der Waals surface area contributed by atoms with Gasteiger partial charge in [-0.05, 0) is 37.3 Å². The highest BCUT2D eigenvalue weighted by Gasteiger charge is 2.10. The first-order valence-electron chi connectivity index (χ1n) is 6.09. The van der Waals surface area contributed by atoms with E-state index in [0.717, 1.165) is 14.5 Å². The number of benzene rings is 2. The Hall–Kier alpha value is -0.910. The summed E-state index contributed by atoms with van der Waals surface area (Å²) in [5.41, 5.74) is 7.30. The lowest BCUT2D eigenvalue weighted by Gasteiger charge is -2.15. The summed E-state index contributed by atoms with van der Waals surface area (Å²) in [7, 11) is 0. The van der Waals surface area contributed by atoms with Crippen molar-refractivity contribution < 1.29 is 9.13 Å². The summed E-state index contributed by atoms with van der Waals surface area (Å²) in [6.45, 7) is 2.04. The molecule has 0 amide bonds. The van der Waals surface area contributed by atoms with Crippen LogP contribution < -0.4 is 10.5 Å². The van der Waals surface area contributed by atoms with Gasteiger partial charge in [-0.1, -0.05) is 37.9 Å². The highest BCUT2D eigenvalue weighted by molar-refractivity contribution is 9.10. The predicted molar refractivity (Wildman–Crippen MR) is 85.2 cm³/mol. The molecule has 0 aliphatic heterocycles. The van der Waals surface area contributed by atoms with Crippen LogP contribution in [-0.4, -0.2) is 0 Å². The van der Waals surface area contributed by atoms with E-state index in [-0.39, 0.29) is 18.5 Å². The highest BCUT2D eigenvalue weighted by Crippen LogP contribution is 2.28. The monoisotopic (exact) mass is 401 g/mol. The quantitative estimate of drug-likeness (QED) is 0.785. The zero-order valence-corrected chi connectivity index (χ0v) is 14.0. The molecular formula is C15H14Br2FNO. The fourth-order valence-corrected chi connectivity index (χ4v) is 2.57. The van der Waals surface area contributed by atoms with Crippen molar-refractivity contribution in [3.63, 3.8) is 0 Å². The number of hydrogen-bond acceptors (Lipinski definition) is 2. The normalized spacial score (nSPS) is 12.2. The number of nitrogens with two attached hydrogens (primary N) is 1. The van der Waals surface area contributed by atoms with Crippen LogP contribution in [0.1, 0.15) is 24.1 Å². The molecule has 0 saturated carbocycles. The van der Waals surface area contributed by atoms with E-state index in [9.17, 15) is 4.39 Å². The summed E-state index contributed by atoms with van der Waals surface area (Å²) in [5, 5.41) is 0. The zero-order valence-electron chi connectivity index (χ0n) is 10.9. The van der Waals surface area contributed by atoms with Crippen LogP contribution in [-0.2, 0) is 6.61 Å². The topological polar surface area (TPSA) is 35.2 Å². The molecule has 0 spiro atoms. The molecular weight excluding hydrogens is 389 g/mol. The average molecular weight is 403 g/mol. The van der Waals surface area contributed by atoms with Crippen molar-refractivity contribution in [3.8, 4) is 5.75 Å². The maximum atomic E-state index is 13.7. The number of ether oxygens (including phenoxy) is 1. The largest absolute Gasteiger partial charge is 0.488 e. The summed E-state index contributed by atoms with van der Waals surface area (Å²) in [5.74, 6) is 0.374. The van der Waals surface area contributed by atoms with Gasteiger partial charge in [-0.3, -0.25) is 0 Å². The van der Waals surface area contributed by atoms with Crippen molar-refractivity contribution in [1.29, 1.82) is 0 Å². The van der Waals surface area contributed by atoms with Crippen LogP contribution in [0.2, 0.25) is 0 Å². The molecule has 0 aliphatic carbocycles. The van der Waals surface area contributed by atoms with E-state index < -0.39 is 0 Å². The van der Waals surface area contributed by atoms with Crippen LogP contribution in [0.4, 0.5) is 4.39 Å². The van der Waals surface area contributed by atoms with Crippen LogP contribution in [0.3, 0.4) is 0 Å². The van der Waals surface area contributed by atoms with Crippen molar-refractivity contribution in [2.75, 3.05) is 0 Å². The van der Waals surface area contributed by atoms with Gasteiger partial charge in [-0.25, -0.2) is 4.39 Å². The van der Waals surface area contributed by atoms with E-state index in [1.54, 1.807) is 12.1 Å². The smallest absolute Gasteiger partial charge is 0.129 e. The molecule has 2 rings (SSSR count). The Morgan fingerprint density at radius 3 is 2.50 bits per heavy atom. The van der Waals surface area contributed by atoms with Gasteiger partial charge in [0.15, 0.2) is 0 Å². The van der Waals surface area contributed by atoms with Crippen molar-refractivity contribution in [3.05, 3.63) is 62.3 Å². The number of hydrogen-bond donors (Lipinski definition) is 1. The standard InChI is InChI=1S/C15H14Br2FNO/c1-9(19)13-4-2-12(17)7-15(13)20-8-10-6-11(16)3-5-14(10)18/h2-7,9H,8,19H2,1H3. The van der Waals surface area contributed by atoms with Crippen LogP contribution in [0, 0.1) is 5.82 Å². The van der Waals surface area contributed by atoms with Crippen molar-refractivity contribution in [2.24, 2.45) is 5.73 Å². The molecule has 0 heterocycles. The van der Waals surface area contributed by atoms with Crippen LogP contribution >= 0.6 is 31.9 Å². The molecule has 2 N–H and O–H groups in total. The molecule has 20 heavy (non-hydrogen) atoms. The van der Waals surface area contributed by atoms with Crippen molar-refractivity contribution in [2.45, 2.75) is 19.6 Å². The molecule has 2 aromatic carbocycles. The minimum Gasteiger partial charge on any atom is -0.488 e. The molecule has 1 atom stereocenters. The van der Waals surface area contributed by atoms with Gasteiger partial charge in [0.05, 0.1) is 0 Å². The minimum atomic E-state index is -0.287. The molecule has 0 bridgehead atoms. The molecule has 0 aromatic heterocycles. The van der Waals surface area contributed by atoms with Gasteiger partial charge in [-0.15, -0.1) is 0 Å². The van der Waals surface area contributed by atoms with Gasteiger partial charge in [-0.2, -0.15) is 0 Å². The first-order valence-corrected chi connectivity index (χ1v) is 7.67.